The number of ether oxygens (including phenoxy) is 1. The Hall–Kier alpha value is -2.07. The fourth-order valence-corrected chi connectivity index (χ4v) is 2.89. The van der Waals surface area contributed by atoms with Crippen LogP contribution in [0.2, 0.25) is 0 Å². The van der Waals surface area contributed by atoms with E-state index in [-0.39, 0.29) is 5.56 Å². The van der Waals surface area contributed by atoms with Gasteiger partial charge < -0.3 is 14.6 Å². The Labute approximate surface area is 124 Å². The van der Waals surface area contributed by atoms with Gasteiger partial charge in [-0.3, -0.25) is 4.79 Å². The lowest BCUT2D eigenvalue weighted by molar-refractivity contribution is 0.296. The number of fused-ring (bicyclic) bond motifs is 1. The summed E-state index contributed by atoms with van der Waals surface area (Å²) in [5.74, 6) is 0.884. The van der Waals surface area contributed by atoms with Crippen LogP contribution in [-0.2, 0) is 13.0 Å². The molecule has 1 aromatic heterocycles. The highest BCUT2D eigenvalue weighted by Gasteiger charge is 2.20. The van der Waals surface area contributed by atoms with E-state index in [1.54, 1.807) is 22.9 Å². The molecule has 0 saturated heterocycles. The minimum atomic E-state index is 0.00640. The predicted molar refractivity (Wildman–Crippen MR) is 82.8 cm³/mol. The van der Waals surface area contributed by atoms with Crippen LogP contribution in [0, 0.1) is 0 Å². The van der Waals surface area contributed by atoms with Crippen molar-refractivity contribution in [3.05, 3.63) is 64.1 Å². The SMILES string of the molecule is CNC1CCc2cc(OCCn3ccccc3=O)ccc21. The highest BCUT2D eigenvalue weighted by atomic mass is 16.5. The van der Waals surface area contributed by atoms with Crippen molar-refractivity contribution in [3.8, 4) is 5.75 Å². The molecule has 1 N–H and O–H groups in total. The number of pyridine rings is 1. The minimum absolute atomic E-state index is 0.00640. The van der Waals surface area contributed by atoms with Crippen LogP contribution < -0.4 is 15.6 Å². The van der Waals surface area contributed by atoms with E-state index in [0.717, 1.165) is 18.6 Å². The molecule has 1 aromatic carbocycles. The first-order valence-corrected chi connectivity index (χ1v) is 7.36. The molecule has 1 atom stereocenters. The van der Waals surface area contributed by atoms with E-state index in [9.17, 15) is 4.79 Å². The van der Waals surface area contributed by atoms with Crippen molar-refractivity contribution >= 4 is 0 Å². The Bertz CT molecular complexity index is 678. The Kier molecular flexibility index (Phi) is 4.06. The van der Waals surface area contributed by atoms with Gasteiger partial charge in [0.15, 0.2) is 0 Å². The van der Waals surface area contributed by atoms with Crippen molar-refractivity contribution in [2.75, 3.05) is 13.7 Å². The number of benzene rings is 1. The fourth-order valence-electron chi connectivity index (χ4n) is 2.89. The van der Waals surface area contributed by atoms with E-state index >= 15 is 0 Å². The Morgan fingerprint density at radius 3 is 3.05 bits per heavy atom. The summed E-state index contributed by atoms with van der Waals surface area (Å²) in [6.07, 6.45) is 4.02. The lowest BCUT2D eigenvalue weighted by Crippen LogP contribution is -2.21. The van der Waals surface area contributed by atoms with Gasteiger partial charge in [-0.15, -0.1) is 0 Å². The summed E-state index contributed by atoms with van der Waals surface area (Å²) >= 11 is 0. The zero-order chi connectivity index (χ0) is 14.7. The van der Waals surface area contributed by atoms with Gasteiger partial charge in [0, 0.05) is 18.3 Å². The first-order valence-electron chi connectivity index (χ1n) is 7.36. The Morgan fingerprint density at radius 1 is 1.33 bits per heavy atom. The third-order valence-corrected chi connectivity index (χ3v) is 4.04. The van der Waals surface area contributed by atoms with Crippen LogP contribution in [0.5, 0.6) is 5.75 Å². The lowest BCUT2D eigenvalue weighted by Gasteiger charge is -2.12. The number of hydrogen-bond acceptors (Lipinski definition) is 3. The summed E-state index contributed by atoms with van der Waals surface area (Å²) in [7, 11) is 2.00. The molecule has 21 heavy (non-hydrogen) atoms. The monoisotopic (exact) mass is 284 g/mol. The molecule has 1 heterocycles. The number of hydrogen-bond donors (Lipinski definition) is 1. The van der Waals surface area contributed by atoms with Gasteiger partial charge in [0.25, 0.3) is 5.56 Å². The fraction of sp³-hybridized carbons (Fsp3) is 0.353. The van der Waals surface area contributed by atoms with E-state index in [2.05, 4.69) is 17.4 Å². The molecule has 2 aromatic rings. The highest BCUT2D eigenvalue weighted by Crippen LogP contribution is 2.33. The zero-order valence-corrected chi connectivity index (χ0v) is 12.2. The molecule has 4 nitrogen and oxygen atoms in total. The van der Waals surface area contributed by atoms with Crippen molar-refractivity contribution < 1.29 is 4.74 Å². The summed E-state index contributed by atoms with van der Waals surface area (Å²) in [6.45, 7) is 1.06. The van der Waals surface area contributed by atoms with Gasteiger partial charge >= 0.3 is 0 Å². The summed E-state index contributed by atoms with van der Waals surface area (Å²) in [5.41, 5.74) is 2.75. The average Bonchev–Trinajstić information content (AvgIpc) is 2.91. The summed E-state index contributed by atoms with van der Waals surface area (Å²) in [6, 6.07) is 11.9. The molecule has 0 aliphatic heterocycles. The van der Waals surface area contributed by atoms with E-state index in [1.807, 2.05) is 19.2 Å². The van der Waals surface area contributed by atoms with Crippen LogP contribution >= 0.6 is 0 Å². The maximum atomic E-state index is 11.6. The van der Waals surface area contributed by atoms with Crippen LogP contribution in [0.4, 0.5) is 0 Å². The lowest BCUT2D eigenvalue weighted by atomic mass is 10.1. The van der Waals surface area contributed by atoms with Gasteiger partial charge in [-0.1, -0.05) is 12.1 Å². The highest BCUT2D eigenvalue weighted by molar-refractivity contribution is 5.40. The molecule has 0 radical (unpaired) electrons. The number of rotatable bonds is 5. The second-order valence-corrected chi connectivity index (χ2v) is 5.32. The molecule has 1 aliphatic carbocycles. The third kappa shape index (κ3) is 3.00. The smallest absolute Gasteiger partial charge is 0.250 e. The van der Waals surface area contributed by atoms with Crippen molar-refractivity contribution in [2.45, 2.75) is 25.4 Å². The molecule has 4 heteroatoms. The summed E-state index contributed by atoms with van der Waals surface area (Å²) in [4.78, 5) is 11.6. The van der Waals surface area contributed by atoms with Crippen LogP contribution in [-0.4, -0.2) is 18.2 Å². The third-order valence-electron chi connectivity index (χ3n) is 4.04. The standard InChI is InChI=1S/C17H20N2O2/c1-18-16-8-5-13-12-14(6-7-15(13)16)21-11-10-19-9-3-2-4-17(19)20/h2-4,6-7,9,12,16,18H,5,8,10-11H2,1H3. The number of nitrogens with one attached hydrogen (secondary N) is 1. The quantitative estimate of drug-likeness (QED) is 0.914. The summed E-state index contributed by atoms with van der Waals surface area (Å²) < 4.78 is 7.44. The van der Waals surface area contributed by atoms with E-state index in [0.29, 0.717) is 19.2 Å². The second kappa shape index (κ2) is 6.14. The summed E-state index contributed by atoms with van der Waals surface area (Å²) in [5, 5.41) is 3.33. The maximum Gasteiger partial charge on any atom is 0.250 e. The zero-order valence-electron chi connectivity index (χ0n) is 12.2. The van der Waals surface area contributed by atoms with Crippen LogP contribution in [0.1, 0.15) is 23.6 Å². The van der Waals surface area contributed by atoms with Crippen molar-refractivity contribution in [1.29, 1.82) is 0 Å². The average molecular weight is 284 g/mol. The molecule has 1 aliphatic rings. The topological polar surface area (TPSA) is 43.3 Å². The van der Waals surface area contributed by atoms with E-state index < -0.39 is 0 Å². The number of aryl methyl sites for hydroxylation is 1. The van der Waals surface area contributed by atoms with Gasteiger partial charge in [0.05, 0.1) is 6.54 Å². The van der Waals surface area contributed by atoms with Crippen LogP contribution in [0.15, 0.2) is 47.4 Å². The predicted octanol–water partition coefficient (Wildman–Crippen LogP) is 2.13. The molecular weight excluding hydrogens is 264 g/mol. The van der Waals surface area contributed by atoms with E-state index in [1.165, 1.54) is 11.1 Å². The molecule has 0 amide bonds. The normalized spacial score (nSPS) is 16.7. The van der Waals surface area contributed by atoms with Crippen LogP contribution in [0.25, 0.3) is 0 Å². The molecule has 0 spiro atoms. The van der Waals surface area contributed by atoms with Gasteiger partial charge in [-0.05, 0) is 49.2 Å². The van der Waals surface area contributed by atoms with Crippen molar-refractivity contribution in [2.24, 2.45) is 0 Å². The molecule has 0 bridgehead atoms. The first kappa shape index (κ1) is 13.9. The van der Waals surface area contributed by atoms with Gasteiger partial charge in [0.1, 0.15) is 12.4 Å². The molecule has 110 valence electrons. The molecule has 1 unspecified atom stereocenters. The second-order valence-electron chi connectivity index (χ2n) is 5.32. The molecule has 0 fully saturated rings. The van der Waals surface area contributed by atoms with Gasteiger partial charge in [-0.2, -0.15) is 0 Å². The Balaban J connectivity index is 1.62. The largest absolute Gasteiger partial charge is 0.492 e. The maximum absolute atomic E-state index is 11.6. The molecule has 3 rings (SSSR count). The molecule has 0 saturated carbocycles. The van der Waals surface area contributed by atoms with Crippen LogP contribution in [0.3, 0.4) is 0 Å². The van der Waals surface area contributed by atoms with Gasteiger partial charge in [-0.25, -0.2) is 0 Å². The van der Waals surface area contributed by atoms with E-state index in [4.69, 9.17) is 4.74 Å². The first-order chi connectivity index (χ1) is 10.3. The van der Waals surface area contributed by atoms with Crippen molar-refractivity contribution in [1.82, 2.24) is 9.88 Å². The number of nitrogens with zero attached hydrogens (tertiary/aromatic N) is 1. The Morgan fingerprint density at radius 2 is 2.24 bits per heavy atom. The number of aromatic nitrogens is 1. The molecular formula is C17H20N2O2. The van der Waals surface area contributed by atoms with Crippen molar-refractivity contribution in [3.63, 3.8) is 0 Å². The van der Waals surface area contributed by atoms with Gasteiger partial charge in [0.2, 0.25) is 0 Å². The minimum Gasteiger partial charge on any atom is -0.492 e.